The average Bonchev–Trinajstić information content (AvgIpc) is 2.25. The van der Waals surface area contributed by atoms with Crippen LogP contribution < -0.4 is 5.32 Å². The second-order valence-electron chi connectivity index (χ2n) is 4.69. The van der Waals surface area contributed by atoms with Crippen LogP contribution in [-0.4, -0.2) is 22.2 Å². The van der Waals surface area contributed by atoms with Crippen LogP contribution in [0.3, 0.4) is 0 Å². The molecule has 0 aliphatic heterocycles. The highest BCUT2D eigenvalue weighted by atomic mass is 16.6. The van der Waals surface area contributed by atoms with Gasteiger partial charge in [-0.15, -0.1) is 0 Å². The summed E-state index contributed by atoms with van der Waals surface area (Å²) < 4.78 is 0. The number of aliphatic hydroxyl groups excluding tert-OH is 1. The maximum atomic E-state index is 11.0. The van der Waals surface area contributed by atoms with E-state index in [1.165, 1.54) is 0 Å². The zero-order valence-electron chi connectivity index (χ0n) is 9.77. The monoisotopic (exact) mass is 236 g/mol. The minimum absolute atomic E-state index is 0.0119. The summed E-state index contributed by atoms with van der Waals surface area (Å²) in [5, 5.41) is 23.4. The fourth-order valence-corrected chi connectivity index (χ4v) is 2.11. The Morgan fingerprint density at radius 2 is 2.24 bits per heavy atom. The van der Waals surface area contributed by atoms with Crippen molar-refractivity contribution >= 4 is 11.4 Å². The van der Waals surface area contributed by atoms with E-state index in [9.17, 15) is 15.2 Å². The van der Waals surface area contributed by atoms with Crippen LogP contribution >= 0.6 is 0 Å². The lowest BCUT2D eigenvalue weighted by molar-refractivity contribution is -0.384. The van der Waals surface area contributed by atoms with Gasteiger partial charge in [0, 0.05) is 6.07 Å². The van der Waals surface area contributed by atoms with Crippen LogP contribution in [0.5, 0.6) is 0 Å². The maximum Gasteiger partial charge on any atom is 0.292 e. The van der Waals surface area contributed by atoms with Crippen LogP contribution in [0.15, 0.2) is 18.2 Å². The average molecular weight is 236 g/mol. The summed E-state index contributed by atoms with van der Waals surface area (Å²) in [5.74, 6) is 0. The van der Waals surface area contributed by atoms with Gasteiger partial charge < -0.3 is 10.4 Å². The van der Waals surface area contributed by atoms with Gasteiger partial charge in [0.2, 0.25) is 0 Å². The molecule has 0 saturated heterocycles. The van der Waals surface area contributed by atoms with E-state index in [2.05, 4.69) is 5.32 Å². The van der Waals surface area contributed by atoms with Crippen molar-refractivity contribution in [2.75, 3.05) is 11.9 Å². The third-order valence-electron chi connectivity index (χ3n) is 3.36. The highest BCUT2D eigenvalue weighted by Crippen LogP contribution is 2.37. The number of nitro groups is 1. The van der Waals surface area contributed by atoms with Crippen molar-refractivity contribution in [1.82, 2.24) is 0 Å². The molecule has 0 unspecified atom stereocenters. The molecule has 0 atom stereocenters. The standard InChI is InChI=1S/C12H16N2O3/c1-9-3-4-10(11(7-9)14(16)17)13-12(8-15)5-2-6-12/h3-4,7,13,15H,2,5-6,8H2,1H3. The van der Waals surface area contributed by atoms with E-state index in [0.717, 1.165) is 24.8 Å². The molecular weight excluding hydrogens is 220 g/mol. The number of nitrogens with one attached hydrogen (secondary N) is 1. The van der Waals surface area contributed by atoms with Crippen molar-refractivity contribution in [3.63, 3.8) is 0 Å². The maximum absolute atomic E-state index is 11.0. The van der Waals surface area contributed by atoms with E-state index >= 15 is 0 Å². The number of nitro benzene ring substituents is 1. The Balaban J connectivity index is 2.29. The second-order valence-corrected chi connectivity index (χ2v) is 4.69. The summed E-state index contributed by atoms with van der Waals surface area (Å²) in [7, 11) is 0. The number of anilines is 1. The van der Waals surface area contributed by atoms with Gasteiger partial charge in [0.05, 0.1) is 17.1 Å². The van der Waals surface area contributed by atoms with E-state index in [1.54, 1.807) is 12.1 Å². The Bertz CT molecular complexity index is 436. The van der Waals surface area contributed by atoms with Gasteiger partial charge in [-0.05, 0) is 37.8 Å². The van der Waals surface area contributed by atoms with Crippen LogP contribution in [0.1, 0.15) is 24.8 Å². The van der Waals surface area contributed by atoms with Gasteiger partial charge in [0.1, 0.15) is 5.69 Å². The lowest BCUT2D eigenvalue weighted by atomic mass is 9.77. The Kier molecular flexibility index (Phi) is 3.02. The molecule has 5 nitrogen and oxygen atoms in total. The van der Waals surface area contributed by atoms with E-state index in [-0.39, 0.29) is 22.8 Å². The molecule has 0 amide bonds. The Labute approximate surface area is 99.6 Å². The molecule has 1 aliphatic carbocycles. The number of aryl methyl sites for hydroxylation is 1. The number of aliphatic hydroxyl groups is 1. The van der Waals surface area contributed by atoms with Gasteiger partial charge in [-0.25, -0.2) is 0 Å². The highest BCUT2D eigenvalue weighted by molar-refractivity contribution is 5.64. The molecular formula is C12H16N2O3. The summed E-state index contributed by atoms with van der Waals surface area (Å²) in [6.45, 7) is 1.83. The number of benzene rings is 1. The molecule has 2 N–H and O–H groups in total. The van der Waals surface area contributed by atoms with E-state index in [0.29, 0.717) is 5.69 Å². The van der Waals surface area contributed by atoms with Gasteiger partial charge in [0.15, 0.2) is 0 Å². The predicted octanol–water partition coefficient (Wildman–Crippen LogP) is 2.23. The topological polar surface area (TPSA) is 75.4 Å². The van der Waals surface area contributed by atoms with Crippen LogP contribution in [0.4, 0.5) is 11.4 Å². The fraction of sp³-hybridized carbons (Fsp3) is 0.500. The first-order valence-corrected chi connectivity index (χ1v) is 5.70. The molecule has 0 spiro atoms. The first-order valence-electron chi connectivity index (χ1n) is 5.70. The number of hydrogen-bond acceptors (Lipinski definition) is 4. The number of rotatable bonds is 4. The first kappa shape index (κ1) is 11.9. The summed E-state index contributed by atoms with van der Waals surface area (Å²) in [6.07, 6.45) is 2.76. The summed E-state index contributed by atoms with van der Waals surface area (Å²) >= 11 is 0. The smallest absolute Gasteiger partial charge is 0.292 e. The van der Waals surface area contributed by atoms with Gasteiger partial charge in [-0.2, -0.15) is 0 Å². The summed E-state index contributed by atoms with van der Waals surface area (Å²) in [6, 6.07) is 5.09. The molecule has 0 heterocycles. The zero-order chi connectivity index (χ0) is 12.5. The number of nitrogens with zero attached hydrogens (tertiary/aromatic N) is 1. The van der Waals surface area contributed by atoms with Crippen molar-refractivity contribution < 1.29 is 10.0 Å². The normalized spacial score (nSPS) is 17.3. The van der Waals surface area contributed by atoms with Crippen LogP contribution in [-0.2, 0) is 0 Å². The molecule has 1 aromatic rings. The highest BCUT2D eigenvalue weighted by Gasteiger charge is 2.37. The predicted molar refractivity (Wildman–Crippen MR) is 65.1 cm³/mol. The van der Waals surface area contributed by atoms with Gasteiger partial charge in [0.25, 0.3) is 5.69 Å². The van der Waals surface area contributed by atoms with Crippen molar-refractivity contribution in [3.05, 3.63) is 33.9 Å². The largest absolute Gasteiger partial charge is 0.394 e. The van der Waals surface area contributed by atoms with Crippen molar-refractivity contribution in [2.24, 2.45) is 0 Å². The van der Waals surface area contributed by atoms with E-state index in [4.69, 9.17) is 0 Å². The van der Waals surface area contributed by atoms with Crippen LogP contribution in [0, 0.1) is 17.0 Å². The van der Waals surface area contributed by atoms with Crippen molar-refractivity contribution in [1.29, 1.82) is 0 Å². The molecule has 1 fully saturated rings. The fourth-order valence-electron chi connectivity index (χ4n) is 2.11. The molecule has 0 bridgehead atoms. The summed E-state index contributed by atoms with van der Waals surface area (Å²) in [4.78, 5) is 10.6. The Morgan fingerprint density at radius 3 is 2.71 bits per heavy atom. The van der Waals surface area contributed by atoms with E-state index in [1.807, 2.05) is 13.0 Å². The molecule has 1 saturated carbocycles. The zero-order valence-corrected chi connectivity index (χ0v) is 9.77. The van der Waals surface area contributed by atoms with Crippen LogP contribution in [0.2, 0.25) is 0 Å². The first-order chi connectivity index (χ1) is 8.06. The molecule has 17 heavy (non-hydrogen) atoms. The second kappa shape index (κ2) is 4.33. The SMILES string of the molecule is Cc1ccc(NC2(CO)CCC2)c([N+](=O)[O-])c1. The molecule has 0 aromatic heterocycles. The molecule has 1 aliphatic rings. The lowest BCUT2D eigenvalue weighted by Gasteiger charge is -2.41. The summed E-state index contributed by atoms with van der Waals surface area (Å²) in [5.41, 5.74) is 1.06. The molecule has 2 rings (SSSR count). The van der Waals surface area contributed by atoms with Gasteiger partial charge >= 0.3 is 0 Å². The third kappa shape index (κ3) is 2.24. The molecule has 0 radical (unpaired) electrons. The van der Waals surface area contributed by atoms with Gasteiger partial charge in [-0.1, -0.05) is 6.07 Å². The minimum Gasteiger partial charge on any atom is -0.394 e. The Hall–Kier alpha value is -1.62. The van der Waals surface area contributed by atoms with Crippen molar-refractivity contribution in [3.8, 4) is 0 Å². The minimum atomic E-state index is -0.390. The van der Waals surface area contributed by atoms with E-state index < -0.39 is 0 Å². The van der Waals surface area contributed by atoms with Gasteiger partial charge in [-0.3, -0.25) is 10.1 Å². The number of hydrogen-bond donors (Lipinski definition) is 2. The Morgan fingerprint density at radius 1 is 1.53 bits per heavy atom. The third-order valence-corrected chi connectivity index (χ3v) is 3.36. The molecule has 92 valence electrons. The molecule has 5 heteroatoms. The molecule has 1 aromatic carbocycles. The van der Waals surface area contributed by atoms with Crippen molar-refractivity contribution in [2.45, 2.75) is 31.7 Å². The lowest BCUT2D eigenvalue weighted by Crippen LogP contribution is -2.48. The van der Waals surface area contributed by atoms with Crippen LogP contribution in [0.25, 0.3) is 0 Å². The quantitative estimate of drug-likeness (QED) is 0.621.